The SMILES string of the molecule is COc1ccc2c(c1)C1(C=CC(=O)C=C1)OC2(C)OC. The molecule has 0 radical (unpaired) electrons. The number of allylic oxidation sites excluding steroid dienone is 2. The van der Waals surface area contributed by atoms with Crippen LogP contribution < -0.4 is 4.74 Å². The minimum absolute atomic E-state index is 0.0466. The molecule has 0 amide bonds. The Labute approximate surface area is 117 Å². The molecule has 4 nitrogen and oxygen atoms in total. The van der Waals surface area contributed by atoms with E-state index < -0.39 is 11.4 Å². The lowest BCUT2D eigenvalue weighted by Gasteiger charge is -2.29. The molecule has 1 atom stereocenters. The molecule has 2 aliphatic rings. The lowest BCUT2D eigenvalue weighted by Crippen LogP contribution is -2.30. The number of ketones is 1. The van der Waals surface area contributed by atoms with E-state index in [1.165, 1.54) is 12.2 Å². The first-order valence-electron chi connectivity index (χ1n) is 6.40. The molecule has 3 rings (SSSR count). The quantitative estimate of drug-likeness (QED) is 0.829. The maximum atomic E-state index is 11.4. The van der Waals surface area contributed by atoms with Crippen LogP contribution in [0.3, 0.4) is 0 Å². The van der Waals surface area contributed by atoms with E-state index in [4.69, 9.17) is 14.2 Å². The zero-order valence-corrected chi connectivity index (χ0v) is 11.7. The summed E-state index contributed by atoms with van der Waals surface area (Å²) in [4.78, 5) is 11.4. The summed E-state index contributed by atoms with van der Waals surface area (Å²) in [5.41, 5.74) is 1.09. The monoisotopic (exact) mass is 272 g/mol. The zero-order chi connectivity index (χ0) is 14.4. The molecule has 1 aromatic rings. The highest BCUT2D eigenvalue weighted by Crippen LogP contribution is 2.50. The van der Waals surface area contributed by atoms with Gasteiger partial charge in [0.1, 0.15) is 11.4 Å². The van der Waals surface area contributed by atoms with Crippen molar-refractivity contribution in [2.24, 2.45) is 0 Å². The molecule has 104 valence electrons. The summed E-state index contributed by atoms with van der Waals surface area (Å²) < 4.78 is 17.0. The topological polar surface area (TPSA) is 44.8 Å². The molecule has 1 spiro atoms. The normalized spacial score (nSPS) is 26.1. The fourth-order valence-corrected chi connectivity index (χ4v) is 2.72. The summed E-state index contributed by atoms with van der Waals surface area (Å²) in [5, 5.41) is 0. The minimum Gasteiger partial charge on any atom is -0.497 e. The fraction of sp³-hybridized carbons (Fsp3) is 0.312. The second kappa shape index (κ2) is 4.30. The summed E-state index contributed by atoms with van der Waals surface area (Å²) in [6, 6.07) is 5.73. The van der Waals surface area contributed by atoms with Gasteiger partial charge in [0.25, 0.3) is 0 Å². The summed E-state index contributed by atoms with van der Waals surface area (Å²) in [5.74, 6) is -0.156. The highest BCUT2D eigenvalue weighted by molar-refractivity contribution is 6.00. The third-order valence-electron chi connectivity index (χ3n) is 3.88. The van der Waals surface area contributed by atoms with Gasteiger partial charge in [-0.3, -0.25) is 4.79 Å². The maximum absolute atomic E-state index is 11.4. The van der Waals surface area contributed by atoms with E-state index in [1.54, 1.807) is 26.4 Å². The van der Waals surface area contributed by atoms with Crippen LogP contribution in [0.4, 0.5) is 0 Å². The number of benzene rings is 1. The van der Waals surface area contributed by atoms with Gasteiger partial charge in [-0.2, -0.15) is 0 Å². The van der Waals surface area contributed by atoms with Gasteiger partial charge in [-0.15, -0.1) is 0 Å². The van der Waals surface area contributed by atoms with E-state index in [0.717, 1.165) is 16.9 Å². The third kappa shape index (κ3) is 1.72. The van der Waals surface area contributed by atoms with E-state index in [-0.39, 0.29) is 5.78 Å². The van der Waals surface area contributed by atoms with Crippen LogP contribution in [0.15, 0.2) is 42.5 Å². The molecular weight excluding hydrogens is 256 g/mol. The Morgan fingerprint density at radius 2 is 1.80 bits per heavy atom. The molecule has 0 saturated carbocycles. The van der Waals surface area contributed by atoms with Crippen molar-refractivity contribution in [2.75, 3.05) is 14.2 Å². The standard InChI is InChI=1S/C16H16O4/c1-15(19-3)13-5-4-12(18-2)10-14(13)16(20-15)8-6-11(17)7-9-16/h4-10H,1-3H3. The van der Waals surface area contributed by atoms with Gasteiger partial charge in [-0.25, -0.2) is 0 Å². The van der Waals surface area contributed by atoms with Crippen LogP contribution in [-0.4, -0.2) is 20.0 Å². The first-order valence-corrected chi connectivity index (χ1v) is 6.40. The van der Waals surface area contributed by atoms with E-state index in [2.05, 4.69) is 0 Å². The van der Waals surface area contributed by atoms with Gasteiger partial charge >= 0.3 is 0 Å². The van der Waals surface area contributed by atoms with Crippen LogP contribution in [0, 0.1) is 0 Å². The van der Waals surface area contributed by atoms with Gasteiger partial charge in [0, 0.05) is 18.2 Å². The summed E-state index contributed by atoms with van der Waals surface area (Å²) >= 11 is 0. The molecule has 1 aliphatic carbocycles. The summed E-state index contributed by atoms with van der Waals surface area (Å²) in [7, 11) is 3.23. The number of ether oxygens (including phenoxy) is 3. The van der Waals surface area contributed by atoms with Crippen molar-refractivity contribution in [1.29, 1.82) is 0 Å². The lowest BCUT2D eigenvalue weighted by atomic mass is 9.87. The Morgan fingerprint density at radius 1 is 1.10 bits per heavy atom. The molecule has 20 heavy (non-hydrogen) atoms. The lowest BCUT2D eigenvalue weighted by molar-refractivity contribution is -0.239. The number of fused-ring (bicyclic) bond motifs is 2. The number of methoxy groups -OCH3 is 2. The van der Waals surface area contributed by atoms with Gasteiger partial charge in [-0.05, 0) is 49.4 Å². The number of rotatable bonds is 2. The van der Waals surface area contributed by atoms with Crippen molar-refractivity contribution in [3.63, 3.8) is 0 Å². The molecule has 0 fully saturated rings. The van der Waals surface area contributed by atoms with E-state index in [1.807, 2.05) is 25.1 Å². The predicted molar refractivity (Wildman–Crippen MR) is 73.4 cm³/mol. The predicted octanol–water partition coefficient (Wildman–Crippen LogP) is 2.43. The molecule has 0 saturated heterocycles. The van der Waals surface area contributed by atoms with E-state index in [9.17, 15) is 4.79 Å². The number of carbonyl (C=O) groups excluding carboxylic acids is 1. The van der Waals surface area contributed by atoms with E-state index in [0.29, 0.717) is 0 Å². The maximum Gasteiger partial charge on any atom is 0.193 e. The summed E-state index contributed by atoms with van der Waals surface area (Å²) in [6.45, 7) is 1.87. The van der Waals surface area contributed by atoms with Crippen molar-refractivity contribution in [2.45, 2.75) is 18.3 Å². The van der Waals surface area contributed by atoms with Gasteiger partial charge in [0.05, 0.1) is 7.11 Å². The van der Waals surface area contributed by atoms with Gasteiger partial charge in [-0.1, -0.05) is 0 Å². The molecule has 0 N–H and O–H groups in total. The average molecular weight is 272 g/mol. The van der Waals surface area contributed by atoms with Crippen LogP contribution in [0.5, 0.6) is 5.75 Å². The number of carbonyl (C=O) groups is 1. The van der Waals surface area contributed by atoms with E-state index >= 15 is 0 Å². The molecule has 4 heteroatoms. The van der Waals surface area contributed by atoms with Crippen LogP contribution in [0.25, 0.3) is 0 Å². The van der Waals surface area contributed by atoms with Crippen molar-refractivity contribution in [1.82, 2.24) is 0 Å². The number of hydrogen-bond donors (Lipinski definition) is 0. The van der Waals surface area contributed by atoms with Crippen molar-refractivity contribution < 1.29 is 19.0 Å². The van der Waals surface area contributed by atoms with Crippen LogP contribution in [0.2, 0.25) is 0 Å². The third-order valence-corrected chi connectivity index (χ3v) is 3.88. The second-order valence-corrected chi connectivity index (χ2v) is 5.03. The molecule has 1 heterocycles. The van der Waals surface area contributed by atoms with Crippen molar-refractivity contribution >= 4 is 5.78 Å². The Hall–Kier alpha value is -1.91. The Balaban J connectivity index is 2.20. The van der Waals surface area contributed by atoms with Crippen LogP contribution in [-0.2, 0) is 25.7 Å². The minimum atomic E-state index is -0.851. The molecule has 0 bridgehead atoms. The van der Waals surface area contributed by atoms with Crippen LogP contribution in [0.1, 0.15) is 18.1 Å². The fourth-order valence-electron chi connectivity index (χ4n) is 2.72. The Bertz CT molecular complexity index is 613. The van der Waals surface area contributed by atoms with Crippen molar-refractivity contribution in [3.8, 4) is 5.75 Å². The number of hydrogen-bond acceptors (Lipinski definition) is 4. The average Bonchev–Trinajstić information content (AvgIpc) is 2.72. The molecular formula is C16H16O4. The van der Waals surface area contributed by atoms with Gasteiger partial charge in [0.2, 0.25) is 0 Å². The first kappa shape index (κ1) is 13.1. The van der Waals surface area contributed by atoms with Gasteiger partial charge in [0.15, 0.2) is 11.6 Å². The Morgan fingerprint density at radius 3 is 2.40 bits per heavy atom. The highest BCUT2D eigenvalue weighted by Gasteiger charge is 2.50. The van der Waals surface area contributed by atoms with Gasteiger partial charge < -0.3 is 14.2 Å². The summed E-state index contributed by atoms with van der Waals surface area (Å²) in [6.07, 6.45) is 6.56. The molecule has 1 unspecified atom stereocenters. The molecule has 1 aliphatic heterocycles. The first-order chi connectivity index (χ1) is 9.53. The Kier molecular flexibility index (Phi) is 2.81. The van der Waals surface area contributed by atoms with Crippen LogP contribution >= 0.6 is 0 Å². The van der Waals surface area contributed by atoms with Crippen molar-refractivity contribution in [3.05, 3.63) is 53.6 Å². The largest absolute Gasteiger partial charge is 0.497 e. The second-order valence-electron chi connectivity index (χ2n) is 5.03. The molecule has 0 aromatic heterocycles. The smallest absolute Gasteiger partial charge is 0.193 e. The highest BCUT2D eigenvalue weighted by atomic mass is 16.7. The zero-order valence-electron chi connectivity index (χ0n) is 11.7. The molecule has 1 aromatic carbocycles.